The second kappa shape index (κ2) is 12.0. The molecule has 0 bridgehead atoms. The number of nitrogens with one attached hydrogen (secondary N) is 1. The van der Waals surface area contributed by atoms with Crippen molar-refractivity contribution < 1.29 is 37.0 Å². The first-order valence-corrected chi connectivity index (χ1v) is 12.9. The Hall–Kier alpha value is -4.78. The number of nitrogens with zero attached hydrogens (tertiary/aromatic N) is 3. The third-order valence-corrected chi connectivity index (χ3v) is 6.99. The van der Waals surface area contributed by atoms with Gasteiger partial charge in [0.2, 0.25) is 11.8 Å². The summed E-state index contributed by atoms with van der Waals surface area (Å²) in [6, 6.07) is 5.37. The SMILES string of the molecule is COC(=O)c1nn(CC(=O)N[C@@H](Cc2cc(F)cc(F)c2)c2ncccc2C2=CC(C(N)=O)C(F)C=C2)c2c1COC2. The molecule has 0 saturated carbocycles. The lowest BCUT2D eigenvalue weighted by Gasteiger charge is -2.24. The van der Waals surface area contributed by atoms with Crippen molar-refractivity contribution in [2.75, 3.05) is 7.11 Å². The molecule has 1 aliphatic heterocycles. The first kappa shape index (κ1) is 28.7. The highest BCUT2D eigenvalue weighted by Gasteiger charge is 2.30. The van der Waals surface area contributed by atoms with Crippen molar-refractivity contribution in [3.8, 4) is 0 Å². The second-order valence-electron chi connectivity index (χ2n) is 9.81. The smallest absolute Gasteiger partial charge is 0.358 e. The van der Waals surface area contributed by atoms with Gasteiger partial charge in [-0.15, -0.1) is 0 Å². The molecule has 1 aromatic carbocycles. The van der Waals surface area contributed by atoms with Gasteiger partial charge in [0.15, 0.2) is 5.69 Å². The van der Waals surface area contributed by atoms with Gasteiger partial charge in [-0.3, -0.25) is 19.3 Å². The van der Waals surface area contributed by atoms with Gasteiger partial charge in [0.1, 0.15) is 24.4 Å². The van der Waals surface area contributed by atoms with Crippen LogP contribution in [0.2, 0.25) is 0 Å². The average Bonchev–Trinajstić information content (AvgIpc) is 3.56. The predicted octanol–water partition coefficient (Wildman–Crippen LogP) is 2.87. The van der Waals surface area contributed by atoms with Crippen LogP contribution in [0.5, 0.6) is 0 Å². The van der Waals surface area contributed by atoms with E-state index in [1.165, 1.54) is 36.2 Å². The van der Waals surface area contributed by atoms with Crippen LogP contribution in [0.4, 0.5) is 13.2 Å². The summed E-state index contributed by atoms with van der Waals surface area (Å²) in [6.45, 7) is -0.0318. The standard InChI is InChI=1S/C29H26F3N5O5/c1-41-29(40)27-21-13-42-14-24(21)37(36-27)12-25(38)35-23(9-15-7-17(30)11-18(31)8-15)26-19(3-2-6-34-26)16-4-5-22(32)20(10-16)28(33)39/h2-8,10-11,20,22-23H,9,12-14H2,1H3,(H2,33,39)(H,35,38)/t20?,22?,23-/m0/s1. The van der Waals surface area contributed by atoms with Gasteiger partial charge in [-0.05, 0) is 41.8 Å². The number of amides is 2. The van der Waals surface area contributed by atoms with Crippen LogP contribution in [0.15, 0.2) is 54.8 Å². The van der Waals surface area contributed by atoms with Crippen LogP contribution in [0.3, 0.4) is 0 Å². The summed E-state index contributed by atoms with van der Waals surface area (Å²) in [5.41, 5.74) is 7.93. The zero-order valence-corrected chi connectivity index (χ0v) is 22.4. The molecule has 3 aromatic rings. The summed E-state index contributed by atoms with van der Waals surface area (Å²) in [6.07, 6.45) is 3.87. The summed E-state index contributed by atoms with van der Waals surface area (Å²) in [7, 11) is 1.22. The number of ether oxygens (including phenoxy) is 2. The number of benzene rings is 1. The number of aromatic nitrogens is 3. The number of hydrogen-bond donors (Lipinski definition) is 2. The molecule has 5 rings (SSSR count). The number of carbonyl (C=O) groups is 3. The molecule has 13 heteroatoms. The molecule has 0 spiro atoms. The van der Waals surface area contributed by atoms with E-state index in [1.54, 1.807) is 12.1 Å². The Morgan fingerprint density at radius 1 is 1.21 bits per heavy atom. The molecule has 218 valence electrons. The Kier molecular flexibility index (Phi) is 8.20. The highest BCUT2D eigenvalue weighted by atomic mass is 19.1. The molecule has 3 atom stereocenters. The first-order chi connectivity index (χ1) is 20.1. The lowest BCUT2D eigenvalue weighted by molar-refractivity contribution is -0.123. The number of halogens is 3. The van der Waals surface area contributed by atoms with E-state index in [1.807, 2.05) is 0 Å². The molecule has 10 nitrogen and oxygen atoms in total. The summed E-state index contributed by atoms with van der Waals surface area (Å²) in [5, 5.41) is 7.10. The number of esters is 1. The van der Waals surface area contributed by atoms with Gasteiger partial charge in [-0.2, -0.15) is 5.10 Å². The number of nitrogens with two attached hydrogens (primary N) is 1. The minimum atomic E-state index is -1.60. The van der Waals surface area contributed by atoms with E-state index < -0.39 is 47.5 Å². The summed E-state index contributed by atoms with van der Waals surface area (Å²) in [4.78, 5) is 41.9. The maximum absolute atomic E-state index is 14.3. The second-order valence-corrected chi connectivity index (χ2v) is 9.81. The van der Waals surface area contributed by atoms with E-state index in [9.17, 15) is 27.6 Å². The monoisotopic (exact) mass is 581 g/mol. The number of rotatable bonds is 9. The Morgan fingerprint density at radius 3 is 2.69 bits per heavy atom. The van der Waals surface area contributed by atoms with Gasteiger partial charge in [-0.1, -0.05) is 18.2 Å². The molecule has 2 aliphatic rings. The molecular formula is C29H26F3N5O5. The molecule has 0 fully saturated rings. The fourth-order valence-corrected chi connectivity index (χ4v) is 5.06. The van der Waals surface area contributed by atoms with Gasteiger partial charge in [0.05, 0.1) is 43.7 Å². The number of alkyl halides is 1. The zero-order valence-electron chi connectivity index (χ0n) is 22.4. The first-order valence-electron chi connectivity index (χ1n) is 12.9. The van der Waals surface area contributed by atoms with E-state index >= 15 is 0 Å². The van der Waals surface area contributed by atoms with Crippen LogP contribution in [0.25, 0.3) is 5.57 Å². The summed E-state index contributed by atoms with van der Waals surface area (Å²) < 4.78 is 54.0. The van der Waals surface area contributed by atoms with E-state index in [2.05, 4.69) is 15.4 Å². The normalized spacial score (nSPS) is 18.2. The lowest BCUT2D eigenvalue weighted by Crippen LogP contribution is -2.34. The Balaban J connectivity index is 1.49. The van der Waals surface area contributed by atoms with Crippen LogP contribution < -0.4 is 11.1 Å². The van der Waals surface area contributed by atoms with Crippen molar-refractivity contribution in [2.45, 2.75) is 38.4 Å². The molecule has 2 unspecified atom stereocenters. The molecule has 2 amide bonds. The number of hydrogen-bond acceptors (Lipinski definition) is 7. The van der Waals surface area contributed by atoms with Crippen molar-refractivity contribution in [3.05, 3.63) is 100 Å². The molecule has 42 heavy (non-hydrogen) atoms. The summed E-state index contributed by atoms with van der Waals surface area (Å²) >= 11 is 0. The van der Waals surface area contributed by atoms with E-state index in [4.69, 9.17) is 15.2 Å². The highest BCUT2D eigenvalue weighted by molar-refractivity contribution is 5.89. The van der Waals surface area contributed by atoms with Crippen molar-refractivity contribution in [1.82, 2.24) is 20.1 Å². The van der Waals surface area contributed by atoms with E-state index in [0.717, 1.165) is 18.2 Å². The fourth-order valence-electron chi connectivity index (χ4n) is 5.06. The van der Waals surface area contributed by atoms with Gasteiger partial charge in [0.25, 0.3) is 0 Å². The molecule has 3 N–H and O–H groups in total. The van der Waals surface area contributed by atoms with Crippen molar-refractivity contribution in [3.63, 3.8) is 0 Å². The maximum Gasteiger partial charge on any atom is 0.358 e. The van der Waals surface area contributed by atoms with Gasteiger partial charge < -0.3 is 20.5 Å². The number of primary amides is 1. The van der Waals surface area contributed by atoms with Crippen LogP contribution in [0.1, 0.15) is 44.6 Å². The van der Waals surface area contributed by atoms with Crippen LogP contribution in [0, 0.1) is 17.6 Å². The van der Waals surface area contributed by atoms with Gasteiger partial charge in [0, 0.05) is 23.4 Å². The fraction of sp³-hybridized carbons (Fsp3) is 0.276. The third-order valence-electron chi connectivity index (χ3n) is 6.99. The largest absolute Gasteiger partial charge is 0.464 e. The Labute approximate surface area is 238 Å². The molecule has 0 radical (unpaired) electrons. The van der Waals surface area contributed by atoms with E-state index in [-0.39, 0.29) is 37.4 Å². The number of methoxy groups -OCH3 is 1. The quantitative estimate of drug-likeness (QED) is 0.371. The van der Waals surface area contributed by atoms with Crippen molar-refractivity contribution in [1.29, 1.82) is 0 Å². The maximum atomic E-state index is 14.3. The molecule has 2 aromatic heterocycles. The van der Waals surface area contributed by atoms with Crippen molar-refractivity contribution in [2.24, 2.45) is 11.7 Å². The van der Waals surface area contributed by atoms with Gasteiger partial charge >= 0.3 is 5.97 Å². The predicted molar refractivity (Wildman–Crippen MR) is 142 cm³/mol. The minimum Gasteiger partial charge on any atom is -0.464 e. The number of pyridine rings is 1. The Bertz CT molecular complexity index is 1600. The number of carbonyl (C=O) groups excluding carboxylic acids is 3. The molecule has 3 heterocycles. The molecule has 1 aliphatic carbocycles. The lowest BCUT2D eigenvalue weighted by atomic mass is 9.88. The van der Waals surface area contributed by atoms with Crippen molar-refractivity contribution >= 4 is 23.4 Å². The zero-order chi connectivity index (χ0) is 30.0. The summed E-state index contributed by atoms with van der Waals surface area (Å²) in [5.74, 6) is -4.87. The number of allylic oxidation sites excluding steroid dienone is 3. The molecular weight excluding hydrogens is 555 g/mol. The minimum absolute atomic E-state index is 0.0443. The van der Waals surface area contributed by atoms with E-state index in [0.29, 0.717) is 28.1 Å². The third kappa shape index (κ3) is 5.96. The topological polar surface area (TPSA) is 138 Å². The average molecular weight is 582 g/mol. The number of fused-ring (bicyclic) bond motifs is 1. The van der Waals surface area contributed by atoms with Crippen LogP contribution in [-0.2, 0) is 45.2 Å². The van der Waals surface area contributed by atoms with Crippen LogP contribution in [-0.4, -0.2) is 45.8 Å². The van der Waals surface area contributed by atoms with Crippen LogP contribution >= 0.6 is 0 Å². The van der Waals surface area contributed by atoms with Gasteiger partial charge in [-0.25, -0.2) is 18.0 Å². The Morgan fingerprint density at radius 2 is 1.98 bits per heavy atom. The highest BCUT2D eigenvalue weighted by Crippen LogP contribution is 2.32. The molecule has 0 saturated heterocycles.